The average Bonchev–Trinajstić information content (AvgIpc) is 2.80. The van der Waals surface area contributed by atoms with E-state index < -0.39 is 38.8 Å². The van der Waals surface area contributed by atoms with Crippen LogP contribution in [0.15, 0.2) is 67.0 Å². The molecule has 0 aliphatic heterocycles. The number of aromatic nitrogens is 3. The third kappa shape index (κ3) is 5.09. The van der Waals surface area contributed by atoms with Crippen molar-refractivity contribution in [3.8, 4) is 22.9 Å². The Morgan fingerprint density at radius 1 is 1.00 bits per heavy atom. The largest absolute Gasteiger partial charge is 0.435 e. The molecule has 0 radical (unpaired) electrons. The van der Waals surface area contributed by atoms with Gasteiger partial charge >= 0.3 is 0 Å². The predicted octanol–water partition coefficient (Wildman–Crippen LogP) is 4.44. The van der Waals surface area contributed by atoms with E-state index in [0.717, 1.165) is 6.07 Å². The first-order valence-electron chi connectivity index (χ1n) is 9.98. The van der Waals surface area contributed by atoms with Crippen molar-refractivity contribution in [2.45, 2.75) is 12.7 Å². The molecule has 0 aliphatic rings. The lowest BCUT2D eigenvalue weighted by atomic mass is 10.1. The lowest BCUT2D eigenvalue weighted by Gasteiger charge is -2.15. The molecule has 0 amide bonds. The second-order valence-corrected chi connectivity index (χ2v) is 9.03. The minimum absolute atomic E-state index is 0.0212. The number of benzene rings is 2. The maximum atomic E-state index is 15.0. The topological polar surface area (TPSA) is 120 Å². The molecule has 11 heteroatoms. The second-order valence-electron chi connectivity index (χ2n) is 7.30. The molecule has 0 atom stereocenters. The van der Waals surface area contributed by atoms with Gasteiger partial charge in [-0.15, -0.1) is 0 Å². The van der Waals surface area contributed by atoms with Gasteiger partial charge in [0.25, 0.3) is 0 Å². The number of aryl methyl sites for hydroxylation is 1. The smallest absolute Gasteiger partial charge is 0.237 e. The molecule has 8 nitrogen and oxygen atoms in total. The van der Waals surface area contributed by atoms with Gasteiger partial charge in [0, 0.05) is 12.4 Å². The van der Waals surface area contributed by atoms with Crippen molar-refractivity contribution in [3.63, 3.8) is 0 Å². The summed E-state index contributed by atoms with van der Waals surface area (Å²) in [6, 6.07) is 14.3. The first-order chi connectivity index (χ1) is 16.2. The van der Waals surface area contributed by atoms with E-state index in [2.05, 4.69) is 19.7 Å². The lowest BCUT2D eigenvalue weighted by molar-refractivity contribution is 0.404. The fourth-order valence-corrected chi connectivity index (χ4v) is 4.41. The molecule has 174 valence electrons. The summed E-state index contributed by atoms with van der Waals surface area (Å²) in [5.41, 5.74) is 6.51. The second kappa shape index (κ2) is 9.40. The Labute approximate surface area is 194 Å². The summed E-state index contributed by atoms with van der Waals surface area (Å²) in [5, 5.41) is 0. The van der Waals surface area contributed by atoms with E-state index in [1.807, 2.05) is 0 Å². The predicted molar refractivity (Wildman–Crippen MR) is 124 cm³/mol. The maximum absolute atomic E-state index is 15.0. The molecule has 4 rings (SSSR count). The van der Waals surface area contributed by atoms with Crippen molar-refractivity contribution >= 4 is 21.7 Å². The molecule has 2 heterocycles. The first-order valence-corrected chi connectivity index (χ1v) is 11.6. The molecule has 3 N–H and O–H groups in total. The van der Waals surface area contributed by atoms with E-state index in [4.69, 9.17) is 10.5 Å². The highest BCUT2D eigenvalue weighted by Gasteiger charge is 2.23. The summed E-state index contributed by atoms with van der Waals surface area (Å²) < 4.78 is 62.6. The van der Waals surface area contributed by atoms with Gasteiger partial charge < -0.3 is 10.5 Å². The Bertz CT molecular complexity index is 1450. The third-order valence-electron chi connectivity index (χ3n) is 4.73. The molecular formula is C23H19F2N5O3S. The quantitative estimate of drug-likeness (QED) is 0.399. The maximum Gasteiger partial charge on any atom is 0.237 e. The van der Waals surface area contributed by atoms with E-state index in [0.29, 0.717) is 16.8 Å². The number of hydrogen-bond donors (Lipinski definition) is 2. The van der Waals surface area contributed by atoms with Crippen LogP contribution in [0.2, 0.25) is 0 Å². The van der Waals surface area contributed by atoms with Crippen molar-refractivity contribution < 1.29 is 21.9 Å². The van der Waals surface area contributed by atoms with E-state index in [9.17, 15) is 12.8 Å². The summed E-state index contributed by atoms with van der Waals surface area (Å²) in [7, 11) is -4.00. The van der Waals surface area contributed by atoms with Crippen molar-refractivity contribution in [2.75, 3.05) is 10.5 Å². The SMILES string of the molecule is Cc1cc(NS(=O)(=O)Cc2ccccc2)c(F)c(F)c1Oc1ncccc1-c1ccnc(N)n1. The van der Waals surface area contributed by atoms with Crippen LogP contribution >= 0.6 is 0 Å². The van der Waals surface area contributed by atoms with Gasteiger partial charge in [-0.25, -0.2) is 27.8 Å². The minimum Gasteiger partial charge on any atom is -0.435 e. The number of ether oxygens (including phenoxy) is 1. The molecule has 0 saturated heterocycles. The lowest BCUT2D eigenvalue weighted by Crippen LogP contribution is -2.17. The first kappa shape index (κ1) is 23.1. The standard InChI is InChI=1S/C23H19F2N5O3S/c1-14-12-18(30-34(31,32)13-15-6-3-2-4-7-15)19(24)20(25)21(14)33-22-16(8-5-10-27-22)17-9-11-28-23(26)29-17/h2-12,30H,13H2,1H3,(H2,26,28,29). The molecule has 0 saturated carbocycles. The van der Waals surface area contributed by atoms with Gasteiger partial charge in [-0.2, -0.15) is 4.39 Å². The van der Waals surface area contributed by atoms with E-state index >= 15 is 4.39 Å². The Hall–Kier alpha value is -4.12. The molecule has 0 aliphatic carbocycles. The molecule has 2 aromatic carbocycles. The zero-order valence-corrected chi connectivity index (χ0v) is 18.7. The molecular weight excluding hydrogens is 464 g/mol. The van der Waals surface area contributed by atoms with Crippen LogP contribution < -0.4 is 15.2 Å². The van der Waals surface area contributed by atoms with Crippen LogP contribution in [-0.2, 0) is 15.8 Å². The summed E-state index contributed by atoms with van der Waals surface area (Å²) in [6.45, 7) is 1.46. The number of nitrogens with zero attached hydrogens (tertiary/aromatic N) is 3. The van der Waals surface area contributed by atoms with Crippen molar-refractivity contribution in [2.24, 2.45) is 0 Å². The minimum atomic E-state index is -4.00. The fraction of sp³-hybridized carbons (Fsp3) is 0.0870. The molecule has 0 bridgehead atoms. The highest BCUT2D eigenvalue weighted by atomic mass is 32.2. The molecule has 0 spiro atoms. The van der Waals surface area contributed by atoms with Crippen LogP contribution in [0.3, 0.4) is 0 Å². The van der Waals surface area contributed by atoms with E-state index in [-0.39, 0.29) is 17.4 Å². The van der Waals surface area contributed by atoms with Crippen LogP contribution in [-0.4, -0.2) is 23.4 Å². The Balaban J connectivity index is 1.64. The zero-order chi connectivity index (χ0) is 24.3. The van der Waals surface area contributed by atoms with Crippen molar-refractivity contribution in [1.82, 2.24) is 15.0 Å². The number of nitrogens with one attached hydrogen (secondary N) is 1. The molecule has 34 heavy (non-hydrogen) atoms. The van der Waals surface area contributed by atoms with Crippen molar-refractivity contribution in [1.29, 1.82) is 0 Å². The Morgan fingerprint density at radius 2 is 1.76 bits per heavy atom. The number of halogens is 2. The fourth-order valence-electron chi connectivity index (χ4n) is 3.22. The normalized spacial score (nSPS) is 11.3. The zero-order valence-electron chi connectivity index (χ0n) is 17.9. The molecule has 0 unspecified atom stereocenters. The van der Waals surface area contributed by atoms with Gasteiger partial charge in [0.1, 0.15) is 0 Å². The highest BCUT2D eigenvalue weighted by molar-refractivity contribution is 7.91. The Kier molecular flexibility index (Phi) is 6.37. The van der Waals surface area contributed by atoms with Gasteiger partial charge in [-0.05, 0) is 42.3 Å². The summed E-state index contributed by atoms with van der Waals surface area (Å²) in [5.74, 6) is -3.62. The summed E-state index contributed by atoms with van der Waals surface area (Å²) >= 11 is 0. The van der Waals surface area contributed by atoms with Gasteiger partial charge in [-0.3, -0.25) is 4.72 Å². The molecule has 2 aromatic heterocycles. The van der Waals surface area contributed by atoms with E-state index in [1.54, 1.807) is 48.5 Å². The van der Waals surface area contributed by atoms with Gasteiger partial charge in [0.2, 0.25) is 27.7 Å². The van der Waals surface area contributed by atoms with Crippen LogP contribution in [0.5, 0.6) is 11.6 Å². The number of hydrogen-bond acceptors (Lipinski definition) is 7. The van der Waals surface area contributed by atoms with Crippen LogP contribution in [0.25, 0.3) is 11.3 Å². The molecule has 4 aromatic rings. The summed E-state index contributed by atoms with van der Waals surface area (Å²) in [6.07, 6.45) is 2.86. The number of anilines is 2. The van der Waals surface area contributed by atoms with Gasteiger partial charge in [-0.1, -0.05) is 30.3 Å². The Morgan fingerprint density at radius 3 is 2.50 bits per heavy atom. The number of pyridine rings is 1. The van der Waals surface area contributed by atoms with Crippen molar-refractivity contribution in [3.05, 3.63) is 89.8 Å². The molecule has 0 fully saturated rings. The van der Waals surface area contributed by atoms with Gasteiger partial charge in [0.05, 0.1) is 22.7 Å². The number of nitrogen functional groups attached to an aromatic ring is 1. The number of sulfonamides is 1. The number of nitrogens with two attached hydrogens (primary N) is 1. The monoisotopic (exact) mass is 483 g/mol. The third-order valence-corrected chi connectivity index (χ3v) is 5.98. The van der Waals surface area contributed by atoms with E-state index in [1.165, 1.54) is 19.3 Å². The van der Waals surface area contributed by atoms with Crippen LogP contribution in [0.1, 0.15) is 11.1 Å². The number of rotatable bonds is 7. The average molecular weight is 484 g/mol. The summed E-state index contributed by atoms with van der Waals surface area (Å²) in [4.78, 5) is 12.0. The van der Waals surface area contributed by atoms with Crippen LogP contribution in [0.4, 0.5) is 20.4 Å². The highest BCUT2D eigenvalue weighted by Crippen LogP contribution is 2.36. The van der Waals surface area contributed by atoms with Gasteiger partial charge in [0.15, 0.2) is 11.6 Å². The van der Waals surface area contributed by atoms with Crippen LogP contribution in [0, 0.1) is 18.6 Å².